The molecule has 0 radical (unpaired) electrons. The largest absolute Gasteiger partial charge is 0.481 e. The molecule has 3 rings (SSSR count). The lowest BCUT2D eigenvalue weighted by molar-refractivity contribution is -0.133. The van der Waals surface area contributed by atoms with Gasteiger partial charge in [0.2, 0.25) is 0 Å². The van der Waals surface area contributed by atoms with Crippen molar-refractivity contribution in [1.82, 2.24) is 14.8 Å². The van der Waals surface area contributed by atoms with Gasteiger partial charge in [-0.3, -0.25) is 4.79 Å². The topological polar surface area (TPSA) is 77.2 Å². The molecule has 0 atom stereocenters. The molecule has 7 heteroatoms. The number of nitrogens with zero attached hydrogens (tertiary/aromatic N) is 3. The highest BCUT2D eigenvalue weighted by atomic mass is 32.2. The van der Waals surface area contributed by atoms with Crippen LogP contribution in [-0.4, -0.2) is 44.8 Å². The number of hydrogen-bond acceptors (Lipinski definition) is 5. The predicted molar refractivity (Wildman–Crippen MR) is 73.9 cm³/mol. The molecule has 0 unspecified atom stereocenters. The molecule has 1 N–H and O–H groups in total. The number of rotatable bonds is 9. The van der Waals surface area contributed by atoms with Crippen molar-refractivity contribution >= 4 is 17.7 Å². The summed E-state index contributed by atoms with van der Waals surface area (Å²) in [5, 5.41) is 17.8. The number of hydrogen-bond donors (Lipinski definition) is 1. The molecule has 0 aliphatic heterocycles. The number of carboxylic acid groups (broad SMARTS) is 1. The van der Waals surface area contributed by atoms with Gasteiger partial charge in [-0.15, -0.1) is 10.2 Å². The second kappa shape index (κ2) is 6.13. The van der Waals surface area contributed by atoms with Crippen LogP contribution in [0.2, 0.25) is 0 Å². The van der Waals surface area contributed by atoms with Crippen molar-refractivity contribution in [2.75, 3.05) is 19.0 Å². The van der Waals surface area contributed by atoms with E-state index in [4.69, 9.17) is 9.84 Å². The molecule has 6 nitrogen and oxygen atoms in total. The molecule has 0 spiro atoms. The zero-order valence-electron chi connectivity index (χ0n) is 11.3. The third kappa shape index (κ3) is 3.73. The lowest BCUT2D eigenvalue weighted by Crippen LogP contribution is -2.12. The molecule has 20 heavy (non-hydrogen) atoms. The lowest BCUT2D eigenvalue weighted by atomic mass is 10.4. The van der Waals surface area contributed by atoms with Crippen molar-refractivity contribution in [2.45, 2.75) is 43.3 Å². The number of carbonyl (C=O) groups is 1. The first-order valence-electron chi connectivity index (χ1n) is 7.09. The van der Waals surface area contributed by atoms with Gasteiger partial charge in [0.05, 0.1) is 12.4 Å². The zero-order valence-corrected chi connectivity index (χ0v) is 12.1. The molecule has 2 aliphatic carbocycles. The van der Waals surface area contributed by atoms with Crippen LogP contribution < -0.4 is 0 Å². The van der Waals surface area contributed by atoms with Gasteiger partial charge in [-0.2, -0.15) is 0 Å². The summed E-state index contributed by atoms with van der Waals surface area (Å²) in [4.78, 5) is 10.7. The Hall–Kier alpha value is -1.08. The van der Waals surface area contributed by atoms with Gasteiger partial charge in [0, 0.05) is 19.1 Å². The molecule has 2 aliphatic rings. The average Bonchev–Trinajstić information content (AvgIpc) is 3.32. The monoisotopic (exact) mass is 297 g/mol. The van der Waals surface area contributed by atoms with E-state index >= 15 is 0 Å². The average molecular weight is 297 g/mol. The van der Waals surface area contributed by atoms with E-state index in [9.17, 15) is 4.79 Å². The number of carboxylic acids is 1. The number of aromatic nitrogens is 3. The molecule has 110 valence electrons. The molecule has 1 aromatic rings. The maximum Gasteiger partial charge on any atom is 0.313 e. The molecule has 0 bridgehead atoms. The van der Waals surface area contributed by atoms with E-state index in [0.29, 0.717) is 24.2 Å². The van der Waals surface area contributed by atoms with Crippen molar-refractivity contribution < 1.29 is 14.6 Å². The number of ether oxygens (including phenoxy) is 1. The Bertz CT molecular complexity index is 483. The van der Waals surface area contributed by atoms with E-state index in [2.05, 4.69) is 10.2 Å². The first-order valence-corrected chi connectivity index (χ1v) is 8.08. The fraction of sp³-hybridized carbons (Fsp3) is 0.769. The summed E-state index contributed by atoms with van der Waals surface area (Å²) in [6.07, 6.45) is 4.90. The highest BCUT2D eigenvalue weighted by Gasteiger charge is 2.30. The minimum atomic E-state index is -0.831. The fourth-order valence-corrected chi connectivity index (χ4v) is 2.77. The van der Waals surface area contributed by atoms with Crippen molar-refractivity contribution in [3.05, 3.63) is 5.82 Å². The minimum absolute atomic E-state index is 0.0196. The molecular formula is C13H19N3O3S. The van der Waals surface area contributed by atoms with Gasteiger partial charge in [0.25, 0.3) is 0 Å². The zero-order chi connectivity index (χ0) is 13.9. The molecule has 1 heterocycles. The summed E-state index contributed by atoms with van der Waals surface area (Å²) < 4.78 is 7.70. The number of aliphatic carboxylic acids is 1. The summed E-state index contributed by atoms with van der Waals surface area (Å²) in [6.45, 7) is 2.21. The lowest BCUT2D eigenvalue weighted by Gasteiger charge is -2.09. The second-order valence-corrected chi connectivity index (χ2v) is 6.41. The smallest absolute Gasteiger partial charge is 0.313 e. The van der Waals surface area contributed by atoms with Gasteiger partial charge in [-0.1, -0.05) is 11.8 Å². The van der Waals surface area contributed by atoms with Gasteiger partial charge in [0.15, 0.2) is 5.16 Å². The maximum absolute atomic E-state index is 10.7. The van der Waals surface area contributed by atoms with E-state index in [0.717, 1.165) is 31.2 Å². The van der Waals surface area contributed by atoms with Crippen LogP contribution in [0.25, 0.3) is 0 Å². The van der Waals surface area contributed by atoms with E-state index in [-0.39, 0.29) is 5.75 Å². The quantitative estimate of drug-likeness (QED) is 0.553. The highest BCUT2D eigenvalue weighted by Crippen LogP contribution is 2.40. The Morgan fingerprint density at radius 2 is 2.15 bits per heavy atom. The van der Waals surface area contributed by atoms with E-state index in [1.165, 1.54) is 24.6 Å². The summed E-state index contributed by atoms with van der Waals surface area (Å²) in [7, 11) is 0. The first-order chi connectivity index (χ1) is 9.74. The molecule has 0 aromatic carbocycles. The molecule has 0 amide bonds. The van der Waals surface area contributed by atoms with Gasteiger partial charge >= 0.3 is 5.97 Å². The molecule has 0 saturated heterocycles. The summed E-state index contributed by atoms with van der Waals surface area (Å²) in [6, 6.07) is 0. The summed E-state index contributed by atoms with van der Waals surface area (Å²) >= 11 is 1.23. The van der Waals surface area contributed by atoms with Crippen LogP contribution in [0.1, 0.15) is 37.4 Å². The van der Waals surface area contributed by atoms with Crippen molar-refractivity contribution in [1.29, 1.82) is 0 Å². The Morgan fingerprint density at radius 1 is 1.35 bits per heavy atom. The van der Waals surface area contributed by atoms with Crippen molar-refractivity contribution in [3.8, 4) is 0 Å². The standard InChI is InChI=1S/C13H19N3O3S/c17-11(18)8-20-13-15-14-12(10-3-4-10)16(13)5-6-19-7-9-1-2-9/h9-10H,1-8H2,(H,17,18). The van der Waals surface area contributed by atoms with Crippen LogP contribution >= 0.6 is 11.8 Å². The van der Waals surface area contributed by atoms with Crippen LogP contribution in [-0.2, 0) is 16.1 Å². The summed E-state index contributed by atoms with van der Waals surface area (Å²) in [5.41, 5.74) is 0. The normalized spacial score (nSPS) is 18.4. The Labute approximate surface area is 121 Å². The van der Waals surface area contributed by atoms with Crippen LogP contribution in [0, 0.1) is 5.92 Å². The van der Waals surface area contributed by atoms with Crippen LogP contribution in [0.5, 0.6) is 0 Å². The molecule has 2 saturated carbocycles. The Kier molecular flexibility index (Phi) is 4.26. The number of thioether (sulfide) groups is 1. The molecular weight excluding hydrogens is 278 g/mol. The SMILES string of the molecule is O=C(O)CSc1nnc(C2CC2)n1CCOCC1CC1. The van der Waals surface area contributed by atoms with Gasteiger partial charge in [-0.25, -0.2) is 0 Å². The third-order valence-electron chi connectivity index (χ3n) is 3.52. The third-order valence-corrected chi connectivity index (χ3v) is 4.47. The predicted octanol–water partition coefficient (Wildman–Crippen LogP) is 1.76. The van der Waals surface area contributed by atoms with E-state index in [1.54, 1.807) is 0 Å². The van der Waals surface area contributed by atoms with Crippen LogP contribution in [0.4, 0.5) is 0 Å². The van der Waals surface area contributed by atoms with Gasteiger partial charge in [-0.05, 0) is 31.6 Å². The Morgan fingerprint density at radius 3 is 2.80 bits per heavy atom. The van der Waals surface area contributed by atoms with Gasteiger partial charge in [0.1, 0.15) is 5.82 Å². The van der Waals surface area contributed by atoms with Crippen LogP contribution in [0.15, 0.2) is 5.16 Å². The van der Waals surface area contributed by atoms with E-state index < -0.39 is 5.97 Å². The maximum atomic E-state index is 10.7. The van der Waals surface area contributed by atoms with Crippen molar-refractivity contribution in [2.24, 2.45) is 5.92 Å². The first kappa shape index (κ1) is 13.9. The highest BCUT2D eigenvalue weighted by molar-refractivity contribution is 7.99. The van der Waals surface area contributed by atoms with Gasteiger partial charge < -0.3 is 14.4 Å². The molecule has 2 fully saturated rings. The fourth-order valence-electron chi connectivity index (χ4n) is 2.08. The second-order valence-electron chi connectivity index (χ2n) is 5.47. The summed E-state index contributed by atoms with van der Waals surface area (Å²) in [5.74, 6) is 1.45. The minimum Gasteiger partial charge on any atom is -0.481 e. The molecule has 1 aromatic heterocycles. The van der Waals surface area contributed by atoms with E-state index in [1.807, 2.05) is 4.57 Å². The van der Waals surface area contributed by atoms with Crippen molar-refractivity contribution in [3.63, 3.8) is 0 Å². The van der Waals surface area contributed by atoms with Crippen LogP contribution in [0.3, 0.4) is 0 Å². The Balaban J connectivity index is 1.58.